The summed E-state index contributed by atoms with van der Waals surface area (Å²) < 4.78 is 0. The summed E-state index contributed by atoms with van der Waals surface area (Å²) in [5.74, 6) is 0.567. The number of carbonyl (C=O) groups is 1. The van der Waals surface area contributed by atoms with Gasteiger partial charge in [0.1, 0.15) is 10.6 Å². The lowest BCUT2D eigenvalue weighted by Crippen LogP contribution is -2.47. The van der Waals surface area contributed by atoms with Gasteiger partial charge >= 0.3 is 0 Å². The smallest absolute Gasteiger partial charge is 0.231 e. The van der Waals surface area contributed by atoms with Crippen LogP contribution in [-0.4, -0.2) is 27.2 Å². The highest BCUT2D eigenvalue weighted by Crippen LogP contribution is 2.39. The third-order valence-electron chi connectivity index (χ3n) is 3.06. The zero-order valence-corrected chi connectivity index (χ0v) is 11.4. The monoisotopic (exact) mass is 277 g/mol. The molecule has 0 aromatic carbocycles. The first kappa shape index (κ1) is 13.6. The molecule has 3 N–H and O–H groups in total. The molecule has 1 aliphatic carbocycles. The Bertz CT molecular complexity index is 525. The highest BCUT2D eigenvalue weighted by atomic mass is 32.2. The van der Waals surface area contributed by atoms with E-state index in [9.17, 15) is 4.79 Å². The van der Waals surface area contributed by atoms with Crippen molar-refractivity contribution in [1.29, 1.82) is 5.26 Å². The molecule has 0 radical (unpaired) electrons. The second-order valence-corrected chi connectivity index (χ2v) is 5.64. The van der Waals surface area contributed by atoms with Crippen LogP contribution in [0.5, 0.6) is 0 Å². The van der Waals surface area contributed by atoms with E-state index in [1.165, 1.54) is 24.2 Å². The zero-order valence-electron chi connectivity index (χ0n) is 10.6. The van der Waals surface area contributed by atoms with Gasteiger partial charge in [0.15, 0.2) is 5.82 Å². The summed E-state index contributed by atoms with van der Waals surface area (Å²) in [5, 5.41) is 12.5. The van der Waals surface area contributed by atoms with Gasteiger partial charge in [-0.15, -0.1) is 0 Å². The first-order chi connectivity index (χ1) is 9.05. The average molecular weight is 277 g/mol. The van der Waals surface area contributed by atoms with Crippen LogP contribution in [0.2, 0.25) is 0 Å². The Morgan fingerprint density at radius 3 is 2.89 bits per heavy atom. The van der Waals surface area contributed by atoms with E-state index in [2.05, 4.69) is 21.4 Å². The summed E-state index contributed by atoms with van der Waals surface area (Å²) >= 11 is 1.22. The minimum absolute atomic E-state index is 0.173. The third-order valence-corrected chi connectivity index (χ3v) is 4.05. The molecule has 100 valence electrons. The Morgan fingerprint density at radius 2 is 2.32 bits per heavy atom. The van der Waals surface area contributed by atoms with Gasteiger partial charge in [0.05, 0.1) is 11.8 Å². The highest BCUT2D eigenvalue weighted by molar-refractivity contribution is 8.00. The number of nitrogens with zero attached hydrogens (tertiary/aromatic N) is 3. The lowest BCUT2D eigenvalue weighted by molar-refractivity contribution is -0.119. The zero-order chi connectivity index (χ0) is 13.9. The lowest BCUT2D eigenvalue weighted by Gasteiger charge is -2.22. The van der Waals surface area contributed by atoms with Crippen LogP contribution in [0.1, 0.15) is 19.8 Å². The predicted molar refractivity (Wildman–Crippen MR) is 72.1 cm³/mol. The SMILES string of the molecule is CC(C#N)(NC(=O)CSc1nccnc1N)C1CC1. The summed E-state index contributed by atoms with van der Waals surface area (Å²) in [4.78, 5) is 19.8. The summed E-state index contributed by atoms with van der Waals surface area (Å²) in [6.07, 6.45) is 5.02. The quantitative estimate of drug-likeness (QED) is 0.777. The normalized spacial score (nSPS) is 17.3. The second-order valence-electron chi connectivity index (χ2n) is 4.67. The van der Waals surface area contributed by atoms with E-state index in [0.29, 0.717) is 10.8 Å². The van der Waals surface area contributed by atoms with E-state index >= 15 is 0 Å². The van der Waals surface area contributed by atoms with Gasteiger partial charge in [-0.3, -0.25) is 4.79 Å². The standard InChI is InChI=1S/C12H15N5OS/c1-12(7-13,8-2-3-8)17-9(18)6-19-11-10(14)15-4-5-16-11/h4-5,8H,2-3,6H2,1H3,(H2,14,15)(H,17,18). The van der Waals surface area contributed by atoms with E-state index in [4.69, 9.17) is 11.0 Å². The molecule has 1 aromatic heterocycles. The molecule has 7 heteroatoms. The van der Waals surface area contributed by atoms with Crippen LogP contribution in [0.4, 0.5) is 5.82 Å². The molecule has 1 aliphatic rings. The number of nitriles is 1. The van der Waals surface area contributed by atoms with Gasteiger partial charge in [-0.2, -0.15) is 5.26 Å². The molecule has 1 fully saturated rings. The summed E-state index contributed by atoms with van der Waals surface area (Å²) in [5.41, 5.74) is 4.88. The maximum atomic E-state index is 11.9. The predicted octanol–water partition coefficient (Wildman–Crippen LogP) is 0.959. The Morgan fingerprint density at radius 1 is 1.63 bits per heavy atom. The fraction of sp³-hybridized carbons (Fsp3) is 0.500. The van der Waals surface area contributed by atoms with Crippen LogP contribution in [0, 0.1) is 17.2 Å². The van der Waals surface area contributed by atoms with Crippen LogP contribution < -0.4 is 11.1 Å². The van der Waals surface area contributed by atoms with Crippen LogP contribution in [0.15, 0.2) is 17.4 Å². The number of nitrogen functional groups attached to an aromatic ring is 1. The Kier molecular flexibility index (Phi) is 3.90. The van der Waals surface area contributed by atoms with Crippen LogP contribution in [-0.2, 0) is 4.79 Å². The first-order valence-electron chi connectivity index (χ1n) is 5.96. The molecular weight excluding hydrogens is 262 g/mol. The molecule has 1 amide bonds. The fourth-order valence-electron chi connectivity index (χ4n) is 1.79. The van der Waals surface area contributed by atoms with Gasteiger partial charge in [0.25, 0.3) is 0 Å². The van der Waals surface area contributed by atoms with Gasteiger partial charge in [0.2, 0.25) is 5.91 Å². The summed E-state index contributed by atoms with van der Waals surface area (Å²) in [6, 6.07) is 2.19. The van der Waals surface area contributed by atoms with Crippen LogP contribution in [0.25, 0.3) is 0 Å². The Labute approximate surface area is 115 Å². The summed E-state index contributed by atoms with van der Waals surface area (Å²) in [7, 11) is 0. The minimum atomic E-state index is -0.758. The maximum Gasteiger partial charge on any atom is 0.231 e. The van der Waals surface area contributed by atoms with E-state index in [1.807, 2.05) is 0 Å². The van der Waals surface area contributed by atoms with E-state index < -0.39 is 5.54 Å². The molecule has 0 spiro atoms. The molecule has 19 heavy (non-hydrogen) atoms. The minimum Gasteiger partial charge on any atom is -0.381 e. The van der Waals surface area contributed by atoms with Gasteiger partial charge in [-0.1, -0.05) is 11.8 Å². The number of anilines is 1. The number of hydrogen-bond donors (Lipinski definition) is 2. The number of nitrogens with two attached hydrogens (primary N) is 1. The van der Waals surface area contributed by atoms with Crippen LogP contribution in [0.3, 0.4) is 0 Å². The molecule has 1 aromatic rings. The van der Waals surface area contributed by atoms with Gasteiger partial charge < -0.3 is 11.1 Å². The topological polar surface area (TPSA) is 105 Å². The largest absolute Gasteiger partial charge is 0.381 e. The van der Waals surface area contributed by atoms with Crippen molar-refractivity contribution in [3.63, 3.8) is 0 Å². The molecular formula is C12H15N5OS. The van der Waals surface area contributed by atoms with Crippen molar-refractivity contribution in [3.05, 3.63) is 12.4 Å². The van der Waals surface area contributed by atoms with Gasteiger partial charge in [-0.25, -0.2) is 9.97 Å². The number of nitrogens with one attached hydrogen (secondary N) is 1. The number of amides is 1. The Hall–Kier alpha value is -1.81. The van der Waals surface area contributed by atoms with Crippen molar-refractivity contribution in [2.75, 3.05) is 11.5 Å². The van der Waals surface area contributed by atoms with E-state index in [0.717, 1.165) is 12.8 Å². The summed E-state index contributed by atoms with van der Waals surface area (Å²) in [6.45, 7) is 1.77. The molecule has 6 nitrogen and oxygen atoms in total. The third kappa shape index (κ3) is 3.35. The molecule has 1 unspecified atom stereocenters. The maximum absolute atomic E-state index is 11.9. The number of carbonyl (C=O) groups excluding carboxylic acids is 1. The number of thioether (sulfide) groups is 1. The first-order valence-corrected chi connectivity index (χ1v) is 6.95. The van der Waals surface area contributed by atoms with Gasteiger partial charge in [0, 0.05) is 12.4 Å². The van der Waals surface area contributed by atoms with Crippen molar-refractivity contribution >= 4 is 23.5 Å². The molecule has 1 saturated carbocycles. The molecule has 0 bridgehead atoms. The molecule has 2 rings (SSSR count). The van der Waals surface area contributed by atoms with Crippen molar-refractivity contribution in [2.24, 2.45) is 5.92 Å². The van der Waals surface area contributed by atoms with Crippen molar-refractivity contribution in [3.8, 4) is 6.07 Å². The molecule has 0 saturated heterocycles. The number of aromatic nitrogens is 2. The second kappa shape index (κ2) is 5.45. The fourth-order valence-corrected chi connectivity index (χ4v) is 2.46. The number of hydrogen-bond acceptors (Lipinski definition) is 6. The van der Waals surface area contributed by atoms with E-state index in [-0.39, 0.29) is 17.6 Å². The Balaban J connectivity index is 1.88. The van der Waals surface area contributed by atoms with Gasteiger partial charge in [-0.05, 0) is 25.7 Å². The van der Waals surface area contributed by atoms with Crippen molar-refractivity contribution < 1.29 is 4.79 Å². The highest BCUT2D eigenvalue weighted by Gasteiger charge is 2.42. The van der Waals surface area contributed by atoms with Crippen molar-refractivity contribution in [1.82, 2.24) is 15.3 Å². The molecule has 1 atom stereocenters. The van der Waals surface area contributed by atoms with E-state index in [1.54, 1.807) is 6.92 Å². The average Bonchev–Trinajstić information content (AvgIpc) is 3.22. The van der Waals surface area contributed by atoms with Crippen molar-refractivity contribution in [2.45, 2.75) is 30.3 Å². The molecule has 1 heterocycles. The van der Waals surface area contributed by atoms with Crippen LogP contribution >= 0.6 is 11.8 Å². The lowest BCUT2D eigenvalue weighted by atomic mass is 9.98. The number of rotatable bonds is 5. The molecule has 0 aliphatic heterocycles.